The van der Waals surface area contributed by atoms with Gasteiger partial charge in [-0.1, -0.05) is 12.1 Å². The maximum Gasteiger partial charge on any atom is 0.416 e. The number of methoxy groups -OCH3 is 1. The first kappa shape index (κ1) is 24.0. The summed E-state index contributed by atoms with van der Waals surface area (Å²) in [4.78, 5) is 9.02. The zero-order valence-electron chi connectivity index (χ0n) is 19.2. The molecular weight excluding hydrogens is 449 g/mol. The summed E-state index contributed by atoms with van der Waals surface area (Å²) in [5, 5.41) is 3.81. The van der Waals surface area contributed by atoms with Gasteiger partial charge in [0, 0.05) is 24.3 Å². The number of benzene rings is 2. The van der Waals surface area contributed by atoms with Crippen molar-refractivity contribution in [3.05, 3.63) is 53.3 Å². The number of fused-ring (bicyclic) bond motifs is 1. The minimum atomic E-state index is -4.42. The topological polar surface area (TPSA) is 91.5 Å². The first-order chi connectivity index (χ1) is 16.1. The van der Waals surface area contributed by atoms with Crippen LogP contribution in [0.25, 0.3) is 10.9 Å². The number of nitrogens with one attached hydrogen (secondary N) is 1. The Bertz CT molecular complexity index is 1160. The summed E-state index contributed by atoms with van der Waals surface area (Å²) >= 11 is 0. The standard InChI is InChI=1S/C24H27F3N4O3/c1-14-29-19-13-21(34-17-8-10-33-11-9-17)20(32-3)12-18(19)22(30-14)31-23(2,28)15-4-6-16(7-5-15)24(25,26)27/h4-7,12-13,17H,8-11,28H2,1-3H3,(H,29,30,31). The average Bonchev–Trinajstić information content (AvgIpc) is 2.78. The van der Waals surface area contributed by atoms with Crippen molar-refractivity contribution in [2.24, 2.45) is 5.73 Å². The molecule has 0 bridgehead atoms. The highest BCUT2D eigenvalue weighted by Gasteiger charge is 2.31. The van der Waals surface area contributed by atoms with Crippen LogP contribution >= 0.6 is 0 Å². The summed E-state index contributed by atoms with van der Waals surface area (Å²) in [5.74, 6) is 2.02. The van der Waals surface area contributed by atoms with Crippen molar-refractivity contribution >= 4 is 16.7 Å². The SMILES string of the molecule is COc1cc2c(NC(C)(N)c3ccc(C(F)(F)F)cc3)nc(C)nc2cc1OC1CCOCC1. The number of nitrogens with two attached hydrogens (primary N) is 1. The van der Waals surface area contributed by atoms with E-state index < -0.39 is 17.4 Å². The average molecular weight is 476 g/mol. The number of anilines is 1. The molecule has 1 aliphatic heterocycles. The molecule has 4 rings (SSSR count). The molecule has 1 unspecified atom stereocenters. The maximum absolute atomic E-state index is 12.9. The van der Waals surface area contributed by atoms with Crippen LogP contribution in [-0.2, 0) is 16.6 Å². The zero-order valence-corrected chi connectivity index (χ0v) is 19.2. The van der Waals surface area contributed by atoms with Gasteiger partial charge < -0.3 is 25.3 Å². The number of alkyl halides is 3. The van der Waals surface area contributed by atoms with Crippen LogP contribution < -0.4 is 20.5 Å². The minimum Gasteiger partial charge on any atom is -0.493 e. The molecule has 0 spiro atoms. The van der Waals surface area contributed by atoms with Crippen molar-refractivity contribution in [3.8, 4) is 11.5 Å². The molecular formula is C24H27F3N4O3. The summed E-state index contributed by atoms with van der Waals surface area (Å²) in [6, 6.07) is 8.30. The summed E-state index contributed by atoms with van der Waals surface area (Å²) in [7, 11) is 1.55. The quantitative estimate of drug-likeness (QED) is 0.496. The fraction of sp³-hybridized carbons (Fsp3) is 0.417. The molecule has 34 heavy (non-hydrogen) atoms. The van der Waals surface area contributed by atoms with Crippen molar-refractivity contribution in [1.82, 2.24) is 9.97 Å². The number of aryl methyl sites for hydroxylation is 1. The number of nitrogens with zero attached hydrogens (tertiary/aromatic N) is 2. The number of rotatable bonds is 6. The largest absolute Gasteiger partial charge is 0.493 e. The molecule has 0 saturated carbocycles. The Kier molecular flexibility index (Phi) is 6.55. The molecule has 0 radical (unpaired) electrons. The molecule has 7 nitrogen and oxygen atoms in total. The van der Waals surface area contributed by atoms with Crippen molar-refractivity contribution in [2.45, 2.75) is 44.6 Å². The van der Waals surface area contributed by atoms with Crippen LogP contribution in [0.5, 0.6) is 11.5 Å². The molecule has 1 fully saturated rings. The number of hydrogen-bond acceptors (Lipinski definition) is 7. The van der Waals surface area contributed by atoms with Crippen molar-refractivity contribution in [3.63, 3.8) is 0 Å². The zero-order chi connectivity index (χ0) is 24.5. The summed E-state index contributed by atoms with van der Waals surface area (Å²) in [5.41, 5.74) is 5.62. The van der Waals surface area contributed by atoms with E-state index in [1.54, 1.807) is 33.1 Å². The predicted molar refractivity (Wildman–Crippen MR) is 122 cm³/mol. The van der Waals surface area contributed by atoms with Crippen molar-refractivity contribution in [1.29, 1.82) is 0 Å². The van der Waals surface area contributed by atoms with E-state index in [1.165, 1.54) is 12.1 Å². The fourth-order valence-corrected chi connectivity index (χ4v) is 3.90. The first-order valence-electron chi connectivity index (χ1n) is 10.9. The number of hydrogen-bond donors (Lipinski definition) is 2. The molecule has 3 N–H and O–H groups in total. The lowest BCUT2D eigenvalue weighted by Crippen LogP contribution is -2.41. The van der Waals surface area contributed by atoms with E-state index in [1.807, 2.05) is 0 Å². The Balaban J connectivity index is 1.67. The number of halogens is 3. The van der Waals surface area contributed by atoms with Crippen LogP contribution in [0.3, 0.4) is 0 Å². The molecule has 1 aromatic heterocycles. The normalized spacial score (nSPS) is 16.8. The van der Waals surface area contributed by atoms with Crippen LogP contribution in [-0.4, -0.2) is 36.4 Å². The third-order valence-corrected chi connectivity index (χ3v) is 5.74. The van der Waals surface area contributed by atoms with E-state index in [-0.39, 0.29) is 6.10 Å². The Hall–Kier alpha value is -3.11. The molecule has 3 aromatic rings. The monoisotopic (exact) mass is 476 g/mol. The maximum atomic E-state index is 12.9. The molecule has 182 valence electrons. The van der Waals surface area contributed by atoms with Gasteiger partial charge in [0.05, 0.1) is 31.4 Å². The minimum absolute atomic E-state index is 0.0210. The van der Waals surface area contributed by atoms with Gasteiger partial charge in [0.15, 0.2) is 11.5 Å². The van der Waals surface area contributed by atoms with Crippen LogP contribution in [0.15, 0.2) is 36.4 Å². The van der Waals surface area contributed by atoms with Gasteiger partial charge in [0.2, 0.25) is 0 Å². The smallest absolute Gasteiger partial charge is 0.416 e. The number of ether oxygens (including phenoxy) is 3. The van der Waals surface area contributed by atoms with Crippen LogP contribution in [0.1, 0.15) is 36.7 Å². The number of aromatic nitrogens is 2. The summed E-state index contributed by atoms with van der Waals surface area (Å²) < 4.78 is 56.0. The van der Waals surface area contributed by atoms with Gasteiger partial charge in [-0.15, -0.1) is 0 Å². The second kappa shape index (κ2) is 9.27. The van der Waals surface area contributed by atoms with E-state index in [9.17, 15) is 13.2 Å². The van der Waals surface area contributed by atoms with E-state index >= 15 is 0 Å². The highest BCUT2D eigenvalue weighted by atomic mass is 19.4. The Labute approximate surface area is 195 Å². The van der Waals surface area contributed by atoms with E-state index in [2.05, 4.69) is 15.3 Å². The first-order valence-corrected chi connectivity index (χ1v) is 10.9. The van der Waals surface area contributed by atoms with E-state index in [0.717, 1.165) is 25.0 Å². The van der Waals surface area contributed by atoms with Crippen molar-refractivity contribution in [2.75, 3.05) is 25.6 Å². The van der Waals surface area contributed by atoms with E-state index in [4.69, 9.17) is 19.9 Å². The molecule has 2 heterocycles. The molecule has 1 aliphatic rings. The van der Waals surface area contributed by atoms with Crippen LogP contribution in [0.4, 0.5) is 19.0 Å². The Morgan fingerprint density at radius 2 is 1.68 bits per heavy atom. The van der Waals surface area contributed by atoms with E-state index in [0.29, 0.717) is 52.8 Å². The second-order valence-electron chi connectivity index (χ2n) is 8.47. The Morgan fingerprint density at radius 1 is 1.03 bits per heavy atom. The lowest BCUT2D eigenvalue weighted by Gasteiger charge is -2.28. The van der Waals surface area contributed by atoms with Gasteiger partial charge in [-0.05, 0) is 37.6 Å². The van der Waals surface area contributed by atoms with Gasteiger partial charge in [0.25, 0.3) is 0 Å². The highest BCUT2D eigenvalue weighted by Crippen LogP contribution is 2.37. The van der Waals surface area contributed by atoms with Crippen molar-refractivity contribution < 1.29 is 27.4 Å². The van der Waals surface area contributed by atoms with Crippen LogP contribution in [0, 0.1) is 6.92 Å². The van der Waals surface area contributed by atoms with Gasteiger partial charge in [-0.3, -0.25) is 0 Å². The third kappa shape index (κ3) is 5.18. The third-order valence-electron chi connectivity index (χ3n) is 5.74. The molecule has 2 aromatic carbocycles. The van der Waals surface area contributed by atoms with Gasteiger partial charge >= 0.3 is 6.18 Å². The lowest BCUT2D eigenvalue weighted by atomic mass is 10.00. The van der Waals surface area contributed by atoms with Gasteiger partial charge in [-0.25, -0.2) is 9.97 Å². The molecule has 1 saturated heterocycles. The summed E-state index contributed by atoms with van der Waals surface area (Å²) in [6.07, 6.45) is -2.82. The Morgan fingerprint density at radius 3 is 2.29 bits per heavy atom. The van der Waals surface area contributed by atoms with Gasteiger partial charge in [0.1, 0.15) is 23.4 Å². The van der Waals surface area contributed by atoms with Crippen LogP contribution in [0.2, 0.25) is 0 Å². The lowest BCUT2D eigenvalue weighted by molar-refractivity contribution is -0.137. The molecule has 1 atom stereocenters. The second-order valence-corrected chi connectivity index (χ2v) is 8.47. The summed E-state index contributed by atoms with van der Waals surface area (Å²) in [6.45, 7) is 4.71. The molecule has 10 heteroatoms. The fourth-order valence-electron chi connectivity index (χ4n) is 3.90. The highest BCUT2D eigenvalue weighted by molar-refractivity contribution is 5.92. The van der Waals surface area contributed by atoms with Gasteiger partial charge in [-0.2, -0.15) is 13.2 Å². The molecule has 0 amide bonds. The molecule has 0 aliphatic carbocycles. The predicted octanol–water partition coefficient (Wildman–Crippen LogP) is 4.77.